The Kier molecular flexibility index (Phi) is 9.42. The second kappa shape index (κ2) is 9.72. The van der Waals surface area contributed by atoms with Crippen LogP contribution in [0.25, 0.3) is 0 Å². The van der Waals surface area contributed by atoms with E-state index in [-0.39, 0.29) is 0 Å². The standard InChI is InChI=1S/C15H25Cl/c1-13(2)7-5-8-14(3)9-6-10-15(4)11-12-16/h7,9,11H,5-6,8,10,12H2,1-4H3/b14-9+,15-11+. The van der Waals surface area contributed by atoms with Gasteiger partial charge in [-0.05, 0) is 53.4 Å². The number of alkyl halides is 1. The highest BCUT2D eigenvalue weighted by Crippen LogP contribution is 2.11. The predicted octanol–water partition coefficient (Wildman–Crippen LogP) is 5.64. The minimum absolute atomic E-state index is 0.634. The largest absolute Gasteiger partial charge is 0.122 e. The number of rotatable bonds is 7. The van der Waals surface area contributed by atoms with E-state index in [1.807, 2.05) is 0 Å². The van der Waals surface area contributed by atoms with E-state index in [9.17, 15) is 0 Å². The molecule has 0 aliphatic rings. The van der Waals surface area contributed by atoms with Crippen molar-refractivity contribution in [3.8, 4) is 0 Å². The van der Waals surface area contributed by atoms with E-state index in [0.717, 1.165) is 12.8 Å². The number of hydrogen-bond donors (Lipinski definition) is 0. The van der Waals surface area contributed by atoms with E-state index < -0.39 is 0 Å². The third-order valence-corrected chi connectivity index (χ3v) is 2.70. The Balaban J connectivity index is 3.79. The van der Waals surface area contributed by atoms with Crippen molar-refractivity contribution in [1.82, 2.24) is 0 Å². The van der Waals surface area contributed by atoms with Crippen molar-refractivity contribution in [2.75, 3.05) is 5.88 Å². The maximum absolute atomic E-state index is 5.64. The fourth-order valence-electron chi connectivity index (χ4n) is 1.47. The lowest BCUT2D eigenvalue weighted by Crippen LogP contribution is -1.81. The lowest BCUT2D eigenvalue weighted by Gasteiger charge is -2.00. The Labute approximate surface area is 106 Å². The summed E-state index contributed by atoms with van der Waals surface area (Å²) in [6.45, 7) is 8.67. The van der Waals surface area contributed by atoms with Gasteiger partial charge in [0.1, 0.15) is 0 Å². The maximum atomic E-state index is 5.64. The Morgan fingerprint density at radius 1 is 0.812 bits per heavy atom. The van der Waals surface area contributed by atoms with Gasteiger partial charge in [0, 0.05) is 5.88 Å². The minimum atomic E-state index is 0.634. The fourth-order valence-corrected chi connectivity index (χ4v) is 1.73. The van der Waals surface area contributed by atoms with E-state index in [4.69, 9.17) is 11.6 Å². The number of halogens is 1. The summed E-state index contributed by atoms with van der Waals surface area (Å²) in [5, 5.41) is 0. The zero-order valence-corrected chi connectivity index (χ0v) is 11.9. The van der Waals surface area contributed by atoms with Crippen LogP contribution in [0.4, 0.5) is 0 Å². The Morgan fingerprint density at radius 2 is 1.31 bits per heavy atom. The molecule has 0 heterocycles. The first-order chi connectivity index (χ1) is 7.56. The average molecular weight is 241 g/mol. The summed E-state index contributed by atoms with van der Waals surface area (Å²) >= 11 is 5.64. The van der Waals surface area contributed by atoms with Gasteiger partial charge in [-0.1, -0.05) is 34.9 Å². The molecule has 0 fully saturated rings. The molecule has 0 aromatic rings. The van der Waals surface area contributed by atoms with Gasteiger partial charge in [0.25, 0.3) is 0 Å². The van der Waals surface area contributed by atoms with Crippen LogP contribution in [0.1, 0.15) is 53.4 Å². The first kappa shape index (κ1) is 15.5. The van der Waals surface area contributed by atoms with Gasteiger partial charge in [-0.25, -0.2) is 0 Å². The summed E-state index contributed by atoms with van der Waals surface area (Å²) in [5.74, 6) is 0.634. The van der Waals surface area contributed by atoms with Crippen LogP contribution in [0.3, 0.4) is 0 Å². The summed E-state index contributed by atoms with van der Waals surface area (Å²) in [4.78, 5) is 0. The van der Waals surface area contributed by atoms with Crippen LogP contribution in [0.15, 0.2) is 34.9 Å². The second-order valence-electron chi connectivity index (χ2n) is 4.61. The first-order valence-electron chi connectivity index (χ1n) is 6.07. The van der Waals surface area contributed by atoms with Crippen LogP contribution in [-0.2, 0) is 0 Å². The Morgan fingerprint density at radius 3 is 1.81 bits per heavy atom. The average Bonchev–Trinajstić information content (AvgIpc) is 2.17. The monoisotopic (exact) mass is 240 g/mol. The molecular formula is C15H25Cl. The molecule has 0 aliphatic carbocycles. The maximum Gasteiger partial charge on any atom is 0.0406 e. The molecule has 0 nitrogen and oxygen atoms in total. The second-order valence-corrected chi connectivity index (χ2v) is 4.92. The van der Waals surface area contributed by atoms with Crippen molar-refractivity contribution in [1.29, 1.82) is 0 Å². The van der Waals surface area contributed by atoms with Crippen LogP contribution in [0.2, 0.25) is 0 Å². The molecule has 0 aliphatic heterocycles. The van der Waals surface area contributed by atoms with Crippen molar-refractivity contribution in [3.63, 3.8) is 0 Å². The third kappa shape index (κ3) is 10.0. The molecule has 0 aromatic heterocycles. The van der Waals surface area contributed by atoms with Crippen molar-refractivity contribution in [2.45, 2.75) is 53.4 Å². The van der Waals surface area contributed by atoms with Gasteiger partial charge >= 0.3 is 0 Å². The van der Waals surface area contributed by atoms with Crippen molar-refractivity contribution in [3.05, 3.63) is 34.9 Å². The molecule has 0 saturated heterocycles. The first-order valence-corrected chi connectivity index (χ1v) is 6.60. The van der Waals surface area contributed by atoms with E-state index in [1.54, 1.807) is 0 Å². The highest BCUT2D eigenvalue weighted by atomic mass is 35.5. The summed E-state index contributed by atoms with van der Waals surface area (Å²) < 4.78 is 0. The van der Waals surface area contributed by atoms with Crippen LogP contribution in [0.5, 0.6) is 0 Å². The Hall–Kier alpha value is -0.490. The topological polar surface area (TPSA) is 0 Å². The van der Waals surface area contributed by atoms with E-state index in [0.29, 0.717) is 5.88 Å². The van der Waals surface area contributed by atoms with Crippen LogP contribution in [0, 0.1) is 0 Å². The normalized spacial score (nSPS) is 12.8. The molecule has 1 heteroatoms. The molecule has 0 bridgehead atoms. The molecule has 0 N–H and O–H groups in total. The molecule has 0 unspecified atom stereocenters. The van der Waals surface area contributed by atoms with Crippen LogP contribution < -0.4 is 0 Å². The zero-order valence-electron chi connectivity index (χ0n) is 11.1. The van der Waals surface area contributed by atoms with E-state index in [1.165, 1.54) is 29.6 Å². The molecule has 0 spiro atoms. The molecule has 0 radical (unpaired) electrons. The zero-order chi connectivity index (χ0) is 12.4. The van der Waals surface area contributed by atoms with E-state index in [2.05, 4.69) is 45.9 Å². The Bertz CT molecular complexity index is 265. The van der Waals surface area contributed by atoms with Gasteiger partial charge in [-0.2, -0.15) is 0 Å². The molecule has 16 heavy (non-hydrogen) atoms. The van der Waals surface area contributed by atoms with Crippen molar-refractivity contribution < 1.29 is 0 Å². The van der Waals surface area contributed by atoms with Crippen LogP contribution >= 0.6 is 11.6 Å². The third-order valence-electron chi connectivity index (χ3n) is 2.55. The summed E-state index contributed by atoms with van der Waals surface area (Å²) in [7, 11) is 0. The van der Waals surface area contributed by atoms with Gasteiger partial charge in [-0.15, -0.1) is 11.6 Å². The minimum Gasteiger partial charge on any atom is -0.122 e. The molecule has 0 atom stereocenters. The quantitative estimate of drug-likeness (QED) is 0.399. The smallest absolute Gasteiger partial charge is 0.0406 e. The highest BCUT2D eigenvalue weighted by molar-refractivity contribution is 6.18. The van der Waals surface area contributed by atoms with E-state index >= 15 is 0 Å². The summed E-state index contributed by atoms with van der Waals surface area (Å²) in [6.07, 6.45) is 11.4. The predicted molar refractivity (Wildman–Crippen MR) is 76.1 cm³/mol. The van der Waals surface area contributed by atoms with Gasteiger partial charge in [0.05, 0.1) is 0 Å². The molecule has 0 amide bonds. The lowest BCUT2D eigenvalue weighted by atomic mass is 10.1. The van der Waals surface area contributed by atoms with Gasteiger partial charge < -0.3 is 0 Å². The fraction of sp³-hybridized carbons (Fsp3) is 0.600. The summed E-state index contributed by atoms with van der Waals surface area (Å²) in [6, 6.07) is 0. The van der Waals surface area contributed by atoms with Crippen molar-refractivity contribution >= 4 is 11.6 Å². The van der Waals surface area contributed by atoms with Gasteiger partial charge in [0.2, 0.25) is 0 Å². The molecule has 0 aromatic carbocycles. The summed E-state index contributed by atoms with van der Waals surface area (Å²) in [5.41, 5.74) is 4.30. The molecule has 0 saturated carbocycles. The van der Waals surface area contributed by atoms with Crippen molar-refractivity contribution in [2.24, 2.45) is 0 Å². The SMILES string of the molecule is CC(C)=CCC/C(C)=C/CC/C(C)=C/CCl. The number of hydrogen-bond acceptors (Lipinski definition) is 0. The molecular weight excluding hydrogens is 216 g/mol. The van der Waals surface area contributed by atoms with Gasteiger partial charge in [0.15, 0.2) is 0 Å². The molecule has 0 rings (SSSR count). The van der Waals surface area contributed by atoms with Crippen LogP contribution in [-0.4, -0.2) is 5.88 Å². The lowest BCUT2D eigenvalue weighted by molar-refractivity contribution is 0.917. The van der Waals surface area contributed by atoms with Gasteiger partial charge in [-0.3, -0.25) is 0 Å². The highest BCUT2D eigenvalue weighted by Gasteiger charge is 1.91. The molecule has 92 valence electrons. The number of allylic oxidation sites excluding steroid dienone is 6.